The molecule has 1 saturated carbocycles. The lowest BCUT2D eigenvalue weighted by molar-refractivity contribution is 0.471. The maximum Gasteiger partial charge on any atom is 0.126 e. The second-order valence-corrected chi connectivity index (χ2v) is 6.15. The van der Waals surface area contributed by atoms with E-state index in [4.69, 9.17) is 4.98 Å². The molecule has 1 heterocycles. The molecule has 1 fully saturated rings. The number of nitrogens with zero attached hydrogens (tertiary/aromatic N) is 2. The molecule has 2 atom stereocenters. The van der Waals surface area contributed by atoms with E-state index in [9.17, 15) is 0 Å². The van der Waals surface area contributed by atoms with Crippen LogP contribution in [0.15, 0.2) is 24.3 Å². The first-order chi connectivity index (χ1) is 8.49. The molecule has 2 aromatic rings. The van der Waals surface area contributed by atoms with Gasteiger partial charge in [-0.3, -0.25) is 0 Å². The Morgan fingerprint density at radius 2 is 2.06 bits per heavy atom. The zero-order valence-corrected chi connectivity index (χ0v) is 11.6. The van der Waals surface area contributed by atoms with Crippen LogP contribution in [0.5, 0.6) is 0 Å². The van der Waals surface area contributed by atoms with Crippen LogP contribution in [0.25, 0.3) is 11.0 Å². The van der Waals surface area contributed by atoms with E-state index >= 15 is 0 Å². The first-order valence-electron chi connectivity index (χ1n) is 6.66. The van der Waals surface area contributed by atoms with Crippen molar-refractivity contribution in [3.8, 4) is 0 Å². The van der Waals surface area contributed by atoms with Crippen LogP contribution in [0, 0.1) is 5.41 Å². The number of nitrogens with one attached hydrogen (secondary N) is 1. The lowest BCUT2D eigenvalue weighted by Crippen LogP contribution is -2.26. The summed E-state index contributed by atoms with van der Waals surface area (Å²) in [7, 11) is 2.10. The number of aromatic nitrogens is 2. The first-order valence-corrected chi connectivity index (χ1v) is 6.66. The highest BCUT2D eigenvalue weighted by Crippen LogP contribution is 2.45. The van der Waals surface area contributed by atoms with Crippen molar-refractivity contribution < 1.29 is 0 Å². The highest BCUT2D eigenvalue weighted by atomic mass is 15.1. The fraction of sp³-hybridized carbons (Fsp3) is 0.533. The summed E-state index contributed by atoms with van der Waals surface area (Å²) < 4.78 is 2.20. The van der Waals surface area contributed by atoms with Crippen molar-refractivity contribution in [3.05, 3.63) is 30.1 Å². The molecule has 0 bridgehead atoms. The Balaban J connectivity index is 1.87. The quantitative estimate of drug-likeness (QED) is 0.898. The molecule has 1 aromatic carbocycles. The molecular formula is C15H21N3. The van der Waals surface area contributed by atoms with Crippen LogP contribution in [-0.4, -0.2) is 15.6 Å². The van der Waals surface area contributed by atoms with Gasteiger partial charge < -0.3 is 9.88 Å². The predicted molar refractivity (Wildman–Crippen MR) is 74.5 cm³/mol. The third-order valence-electron chi connectivity index (χ3n) is 4.17. The summed E-state index contributed by atoms with van der Waals surface area (Å²) in [5.74, 6) is 1.12. The number of aryl methyl sites for hydroxylation is 1. The standard InChI is InChI=1S/C15H21N3/c1-10(16-13-9-15(13,2)3)14-17-11-7-5-6-8-12(11)18(14)4/h5-8,10,13,16H,9H2,1-4H3. The number of benzene rings is 1. The van der Waals surface area contributed by atoms with Gasteiger partial charge in [0.1, 0.15) is 5.82 Å². The fourth-order valence-corrected chi connectivity index (χ4v) is 2.68. The highest BCUT2D eigenvalue weighted by molar-refractivity contribution is 5.75. The van der Waals surface area contributed by atoms with Gasteiger partial charge in [-0.1, -0.05) is 26.0 Å². The second kappa shape index (κ2) is 3.82. The van der Waals surface area contributed by atoms with Crippen molar-refractivity contribution in [2.75, 3.05) is 0 Å². The lowest BCUT2D eigenvalue weighted by atomic mass is 10.2. The van der Waals surface area contributed by atoms with Gasteiger partial charge in [-0.05, 0) is 30.9 Å². The van der Waals surface area contributed by atoms with Gasteiger partial charge in [0.2, 0.25) is 0 Å². The van der Waals surface area contributed by atoms with Crippen LogP contribution in [0.4, 0.5) is 0 Å². The molecule has 0 saturated heterocycles. The van der Waals surface area contributed by atoms with Crippen LogP contribution in [0.1, 0.15) is 39.1 Å². The SMILES string of the molecule is CC(NC1CC1(C)C)c1nc2ccccc2n1C. The molecule has 2 unspecified atom stereocenters. The Morgan fingerprint density at radius 3 is 2.67 bits per heavy atom. The van der Waals surface area contributed by atoms with Crippen molar-refractivity contribution >= 4 is 11.0 Å². The molecule has 1 N–H and O–H groups in total. The Morgan fingerprint density at radius 1 is 1.39 bits per heavy atom. The Hall–Kier alpha value is -1.35. The number of para-hydroxylation sites is 2. The van der Waals surface area contributed by atoms with Gasteiger partial charge >= 0.3 is 0 Å². The maximum atomic E-state index is 4.74. The molecular weight excluding hydrogens is 222 g/mol. The topological polar surface area (TPSA) is 29.9 Å². The van der Waals surface area contributed by atoms with E-state index in [1.54, 1.807) is 0 Å². The normalized spacial score (nSPS) is 23.2. The maximum absolute atomic E-state index is 4.74. The minimum atomic E-state index is 0.300. The zero-order valence-electron chi connectivity index (χ0n) is 11.6. The van der Waals surface area contributed by atoms with E-state index in [1.165, 1.54) is 11.9 Å². The molecule has 0 spiro atoms. The fourth-order valence-electron chi connectivity index (χ4n) is 2.68. The molecule has 1 aromatic heterocycles. The summed E-state index contributed by atoms with van der Waals surface area (Å²) in [6, 6.07) is 9.24. The second-order valence-electron chi connectivity index (χ2n) is 6.15. The smallest absolute Gasteiger partial charge is 0.126 e. The van der Waals surface area contributed by atoms with E-state index < -0.39 is 0 Å². The van der Waals surface area contributed by atoms with Gasteiger partial charge in [0.15, 0.2) is 0 Å². The average Bonchev–Trinajstić information content (AvgIpc) is 2.78. The number of rotatable bonds is 3. The summed E-state index contributed by atoms with van der Waals surface area (Å²) >= 11 is 0. The zero-order chi connectivity index (χ0) is 12.9. The number of imidazole rings is 1. The number of hydrogen-bond acceptors (Lipinski definition) is 2. The van der Waals surface area contributed by atoms with E-state index in [0.29, 0.717) is 17.5 Å². The third kappa shape index (κ3) is 1.83. The van der Waals surface area contributed by atoms with Gasteiger partial charge in [-0.25, -0.2) is 4.98 Å². The van der Waals surface area contributed by atoms with E-state index in [1.807, 2.05) is 6.07 Å². The van der Waals surface area contributed by atoms with Gasteiger partial charge in [0.25, 0.3) is 0 Å². The van der Waals surface area contributed by atoms with E-state index in [0.717, 1.165) is 11.3 Å². The molecule has 0 amide bonds. The molecule has 0 aliphatic heterocycles. The monoisotopic (exact) mass is 243 g/mol. The molecule has 1 aliphatic carbocycles. The molecule has 3 nitrogen and oxygen atoms in total. The largest absolute Gasteiger partial charge is 0.330 e. The van der Waals surface area contributed by atoms with Crippen molar-refractivity contribution in [3.63, 3.8) is 0 Å². The summed E-state index contributed by atoms with van der Waals surface area (Å²) in [6.07, 6.45) is 1.27. The van der Waals surface area contributed by atoms with Crippen LogP contribution in [-0.2, 0) is 7.05 Å². The minimum absolute atomic E-state index is 0.300. The minimum Gasteiger partial charge on any atom is -0.330 e. The van der Waals surface area contributed by atoms with Gasteiger partial charge in [-0.2, -0.15) is 0 Å². The van der Waals surface area contributed by atoms with E-state index in [2.05, 4.69) is 55.9 Å². The number of hydrogen-bond donors (Lipinski definition) is 1. The lowest BCUT2D eigenvalue weighted by Gasteiger charge is -2.15. The van der Waals surface area contributed by atoms with E-state index in [-0.39, 0.29) is 0 Å². The first kappa shape index (κ1) is 11.7. The molecule has 96 valence electrons. The van der Waals surface area contributed by atoms with Crippen molar-refractivity contribution in [2.45, 2.75) is 39.3 Å². The Bertz CT molecular complexity index is 582. The summed E-state index contributed by atoms with van der Waals surface area (Å²) in [5.41, 5.74) is 2.74. The summed E-state index contributed by atoms with van der Waals surface area (Å²) in [6.45, 7) is 6.83. The van der Waals surface area contributed by atoms with Crippen molar-refractivity contribution in [2.24, 2.45) is 12.5 Å². The molecule has 3 rings (SSSR count). The molecule has 0 radical (unpaired) electrons. The molecule has 1 aliphatic rings. The van der Waals surface area contributed by atoms with Gasteiger partial charge in [0, 0.05) is 13.1 Å². The van der Waals surface area contributed by atoms with Gasteiger partial charge in [-0.15, -0.1) is 0 Å². The predicted octanol–water partition coefficient (Wildman–Crippen LogP) is 3.02. The van der Waals surface area contributed by atoms with Gasteiger partial charge in [0.05, 0.1) is 17.1 Å². The highest BCUT2D eigenvalue weighted by Gasteiger charge is 2.46. The van der Waals surface area contributed by atoms with Crippen LogP contribution in [0.2, 0.25) is 0 Å². The van der Waals surface area contributed by atoms with Crippen LogP contribution >= 0.6 is 0 Å². The third-order valence-corrected chi connectivity index (χ3v) is 4.17. The van der Waals surface area contributed by atoms with Crippen molar-refractivity contribution in [1.29, 1.82) is 0 Å². The number of fused-ring (bicyclic) bond motifs is 1. The average molecular weight is 243 g/mol. The molecule has 18 heavy (non-hydrogen) atoms. The van der Waals surface area contributed by atoms with Crippen LogP contribution < -0.4 is 5.32 Å². The van der Waals surface area contributed by atoms with Crippen molar-refractivity contribution in [1.82, 2.24) is 14.9 Å². The molecule has 3 heteroatoms. The summed E-state index contributed by atoms with van der Waals surface area (Å²) in [4.78, 5) is 4.74. The van der Waals surface area contributed by atoms with Crippen LogP contribution in [0.3, 0.4) is 0 Å². The Kier molecular flexibility index (Phi) is 2.49. The summed E-state index contributed by atoms with van der Waals surface area (Å²) in [5, 5.41) is 3.68. The Labute approximate surface area is 108 Å².